The second-order valence-corrected chi connectivity index (χ2v) is 8.10. The number of likely N-dealkylation sites (tertiary alicyclic amines) is 1. The lowest BCUT2D eigenvalue weighted by Gasteiger charge is -2.24. The molecule has 6 heteroatoms. The number of rotatable bonds is 5. The molecular weight excluding hydrogens is 322 g/mol. The summed E-state index contributed by atoms with van der Waals surface area (Å²) in [6.07, 6.45) is 5.39. The highest BCUT2D eigenvalue weighted by molar-refractivity contribution is 7.92. The summed E-state index contributed by atoms with van der Waals surface area (Å²) in [7, 11) is -3.30. The Bertz CT molecular complexity index is 780. The van der Waals surface area contributed by atoms with Crippen molar-refractivity contribution >= 4 is 15.8 Å². The zero-order valence-corrected chi connectivity index (χ0v) is 14.9. The molecule has 1 aromatic carbocycles. The van der Waals surface area contributed by atoms with Gasteiger partial charge in [-0.2, -0.15) is 0 Å². The largest absolute Gasteiger partial charge is 0.297 e. The molecule has 24 heavy (non-hydrogen) atoms. The Hall–Kier alpha value is -1.92. The summed E-state index contributed by atoms with van der Waals surface area (Å²) in [5, 5.41) is 0. The van der Waals surface area contributed by atoms with Crippen molar-refractivity contribution < 1.29 is 8.42 Å². The predicted octanol–water partition coefficient (Wildman–Crippen LogP) is 3.28. The molecule has 0 radical (unpaired) electrons. The molecule has 2 aromatic rings. The van der Waals surface area contributed by atoms with Crippen molar-refractivity contribution in [2.45, 2.75) is 25.8 Å². The Balaban J connectivity index is 1.73. The maximum Gasteiger partial charge on any atom is 0.230 e. The van der Waals surface area contributed by atoms with Gasteiger partial charge in [-0.25, -0.2) is 13.4 Å². The summed E-state index contributed by atoms with van der Waals surface area (Å²) >= 11 is 0. The van der Waals surface area contributed by atoms with E-state index in [-0.39, 0.29) is 0 Å². The van der Waals surface area contributed by atoms with Crippen LogP contribution in [0.3, 0.4) is 0 Å². The molecule has 0 aliphatic carbocycles. The van der Waals surface area contributed by atoms with Crippen molar-refractivity contribution in [1.82, 2.24) is 9.88 Å². The molecule has 1 aromatic heterocycles. The standard InChI is InChI=1S/C18H23N3O2S/c1-14(21-11-3-4-12-21)15-5-7-16(8-6-15)17-9-10-18(19-13-17)20-24(2,22)23/h5-10,13-14H,3-4,11-12H2,1-2H3,(H,19,20). The van der Waals surface area contributed by atoms with Gasteiger partial charge in [0, 0.05) is 17.8 Å². The number of aromatic nitrogens is 1. The molecule has 1 aliphatic heterocycles. The number of pyridine rings is 1. The molecular formula is C18H23N3O2S. The minimum absolute atomic E-state index is 0.334. The Morgan fingerprint density at radius 2 is 1.67 bits per heavy atom. The Morgan fingerprint density at radius 3 is 2.21 bits per heavy atom. The van der Waals surface area contributed by atoms with Crippen LogP contribution in [0.15, 0.2) is 42.6 Å². The van der Waals surface area contributed by atoms with E-state index in [1.807, 2.05) is 6.07 Å². The van der Waals surface area contributed by atoms with Crippen molar-refractivity contribution in [2.24, 2.45) is 0 Å². The van der Waals surface area contributed by atoms with Gasteiger partial charge in [-0.1, -0.05) is 24.3 Å². The highest BCUT2D eigenvalue weighted by Crippen LogP contribution is 2.27. The van der Waals surface area contributed by atoms with Crippen LogP contribution in [0, 0.1) is 0 Å². The summed E-state index contributed by atoms with van der Waals surface area (Å²) in [6, 6.07) is 12.5. The molecule has 0 saturated carbocycles. The smallest absolute Gasteiger partial charge is 0.230 e. The maximum atomic E-state index is 11.2. The van der Waals surface area contributed by atoms with E-state index in [0.717, 1.165) is 17.4 Å². The summed E-state index contributed by atoms with van der Waals surface area (Å²) in [4.78, 5) is 6.68. The molecule has 1 N–H and O–H groups in total. The van der Waals surface area contributed by atoms with E-state index in [9.17, 15) is 8.42 Å². The second kappa shape index (κ2) is 6.91. The van der Waals surface area contributed by atoms with Crippen LogP contribution in [0.2, 0.25) is 0 Å². The van der Waals surface area contributed by atoms with Gasteiger partial charge in [-0.05, 0) is 56.1 Å². The molecule has 0 amide bonds. The number of benzene rings is 1. The van der Waals surface area contributed by atoms with Gasteiger partial charge < -0.3 is 0 Å². The van der Waals surface area contributed by atoms with E-state index >= 15 is 0 Å². The predicted molar refractivity (Wildman–Crippen MR) is 97.4 cm³/mol. The normalized spacial score (nSPS) is 16.9. The van der Waals surface area contributed by atoms with E-state index in [1.165, 1.54) is 31.5 Å². The second-order valence-electron chi connectivity index (χ2n) is 6.35. The van der Waals surface area contributed by atoms with E-state index in [2.05, 4.69) is 45.8 Å². The lowest BCUT2D eigenvalue weighted by Crippen LogP contribution is -2.23. The lowest BCUT2D eigenvalue weighted by atomic mass is 10.0. The van der Waals surface area contributed by atoms with Gasteiger partial charge in [0.1, 0.15) is 5.82 Å². The quantitative estimate of drug-likeness (QED) is 0.903. The zero-order valence-electron chi connectivity index (χ0n) is 14.1. The summed E-state index contributed by atoms with van der Waals surface area (Å²) in [5.74, 6) is 0.334. The maximum absolute atomic E-state index is 11.2. The van der Waals surface area contributed by atoms with E-state index in [1.54, 1.807) is 12.3 Å². The van der Waals surface area contributed by atoms with E-state index in [4.69, 9.17) is 0 Å². The number of sulfonamides is 1. The van der Waals surface area contributed by atoms with Gasteiger partial charge in [-0.3, -0.25) is 9.62 Å². The molecule has 128 valence electrons. The highest BCUT2D eigenvalue weighted by Gasteiger charge is 2.19. The van der Waals surface area contributed by atoms with Crippen LogP contribution >= 0.6 is 0 Å². The van der Waals surface area contributed by atoms with Crippen molar-refractivity contribution in [3.8, 4) is 11.1 Å². The Labute approximate surface area is 143 Å². The zero-order chi connectivity index (χ0) is 17.2. The summed E-state index contributed by atoms with van der Waals surface area (Å²) < 4.78 is 24.8. The minimum Gasteiger partial charge on any atom is -0.297 e. The minimum atomic E-state index is -3.30. The number of nitrogens with zero attached hydrogens (tertiary/aromatic N) is 2. The van der Waals surface area contributed by atoms with Crippen LogP contribution < -0.4 is 4.72 Å². The topological polar surface area (TPSA) is 62.3 Å². The van der Waals surface area contributed by atoms with E-state index in [0.29, 0.717) is 11.9 Å². The average Bonchev–Trinajstić information content (AvgIpc) is 3.08. The van der Waals surface area contributed by atoms with E-state index < -0.39 is 10.0 Å². The highest BCUT2D eigenvalue weighted by atomic mass is 32.2. The molecule has 1 unspecified atom stereocenters. The van der Waals surface area contributed by atoms with Crippen molar-refractivity contribution in [2.75, 3.05) is 24.1 Å². The monoisotopic (exact) mass is 345 g/mol. The van der Waals surface area contributed by atoms with Gasteiger partial charge >= 0.3 is 0 Å². The number of hydrogen-bond acceptors (Lipinski definition) is 4. The first-order valence-electron chi connectivity index (χ1n) is 8.20. The van der Waals surface area contributed by atoms with Crippen LogP contribution in [0.4, 0.5) is 5.82 Å². The first kappa shape index (κ1) is 16.9. The third-order valence-corrected chi connectivity index (χ3v) is 5.05. The van der Waals surface area contributed by atoms with Crippen LogP contribution in [0.5, 0.6) is 0 Å². The third kappa shape index (κ3) is 4.13. The Kier molecular flexibility index (Phi) is 4.87. The fraction of sp³-hybridized carbons (Fsp3) is 0.389. The summed E-state index contributed by atoms with van der Waals surface area (Å²) in [6.45, 7) is 4.62. The molecule has 0 bridgehead atoms. The molecule has 1 atom stereocenters. The molecule has 0 spiro atoms. The lowest BCUT2D eigenvalue weighted by molar-refractivity contribution is 0.263. The molecule has 5 nitrogen and oxygen atoms in total. The fourth-order valence-corrected chi connectivity index (χ4v) is 3.61. The first-order chi connectivity index (χ1) is 11.4. The van der Waals surface area contributed by atoms with Crippen molar-refractivity contribution in [3.05, 3.63) is 48.2 Å². The van der Waals surface area contributed by atoms with Crippen LogP contribution in [0.1, 0.15) is 31.4 Å². The third-order valence-electron chi connectivity index (χ3n) is 4.47. The van der Waals surface area contributed by atoms with Gasteiger partial charge in [0.15, 0.2) is 0 Å². The van der Waals surface area contributed by atoms with Crippen molar-refractivity contribution in [3.63, 3.8) is 0 Å². The van der Waals surface area contributed by atoms with Gasteiger partial charge in [0.25, 0.3) is 0 Å². The molecule has 2 heterocycles. The molecule has 1 fully saturated rings. The van der Waals surface area contributed by atoms with Gasteiger partial charge in [0.05, 0.1) is 6.26 Å². The number of nitrogens with one attached hydrogen (secondary N) is 1. The van der Waals surface area contributed by atoms with Gasteiger partial charge in [0.2, 0.25) is 10.0 Å². The molecule has 1 aliphatic rings. The molecule has 3 rings (SSSR count). The van der Waals surface area contributed by atoms with Crippen LogP contribution in [-0.2, 0) is 10.0 Å². The number of anilines is 1. The van der Waals surface area contributed by atoms with Crippen LogP contribution in [0.25, 0.3) is 11.1 Å². The first-order valence-corrected chi connectivity index (χ1v) is 10.1. The van der Waals surface area contributed by atoms with Crippen molar-refractivity contribution in [1.29, 1.82) is 0 Å². The summed E-state index contributed by atoms with van der Waals surface area (Å²) in [5.41, 5.74) is 3.36. The Morgan fingerprint density at radius 1 is 1.04 bits per heavy atom. The number of hydrogen-bond donors (Lipinski definition) is 1. The SMILES string of the molecule is CC(c1ccc(-c2ccc(NS(C)(=O)=O)nc2)cc1)N1CCCC1. The van der Waals surface area contributed by atoms with Crippen LogP contribution in [-0.4, -0.2) is 37.6 Å². The molecule has 1 saturated heterocycles. The van der Waals surface area contributed by atoms with Gasteiger partial charge in [-0.15, -0.1) is 0 Å². The average molecular weight is 345 g/mol. The fourth-order valence-electron chi connectivity index (χ4n) is 3.11.